The number of aromatic nitrogens is 4. The molecule has 6 nitrogen and oxygen atoms in total. The molecule has 0 N–H and O–H groups in total. The molecular formula is C29H26N6RuS2. The van der Waals surface area contributed by atoms with Gasteiger partial charge in [-0.2, -0.15) is 10.3 Å². The zero-order chi connectivity index (χ0) is 27.8. The van der Waals surface area contributed by atoms with Gasteiger partial charge < -0.3 is 10.8 Å². The van der Waals surface area contributed by atoms with E-state index in [0.717, 1.165) is 56.4 Å². The Balaban J connectivity index is 0.00000121. The Morgan fingerprint density at radius 3 is 1.11 bits per heavy atom. The Morgan fingerprint density at radius 1 is 0.605 bits per heavy atom. The minimum atomic E-state index is 0. The van der Waals surface area contributed by atoms with Gasteiger partial charge in [-0.15, -0.1) is 12.3 Å². The summed E-state index contributed by atoms with van der Waals surface area (Å²) in [5.41, 5.74) is 9.73. The third kappa shape index (κ3) is 11.6. The molecule has 4 aromatic heterocycles. The fraction of sp³-hybridized carbons (Fsp3) is 0.172. The van der Waals surface area contributed by atoms with Crippen LogP contribution in [-0.4, -0.2) is 30.3 Å². The van der Waals surface area contributed by atoms with Crippen molar-refractivity contribution in [1.29, 1.82) is 0 Å². The number of isothiocyanates is 2. The summed E-state index contributed by atoms with van der Waals surface area (Å²) in [6.07, 6.45) is 8.24. The van der Waals surface area contributed by atoms with Crippen LogP contribution in [0.5, 0.6) is 0 Å². The molecule has 0 bridgehead atoms. The quantitative estimate of drug-likeness (QED) is 0.102. The van der Waals surface area contributed by atoms with Gasteiger partial charge in [0, 0.05) is 12.4 Å². The number of hydrogen-bond donors (Lipinski definition) is 0. The first-order valence-corrected chi connectivity index (χ1v) is 11.8. The van der Waals surface area contributed by atoms with Gasteiger partial charge in [-0.3, -0.25) is 9.97 Å². The van der Waals surface area contributed by atoms with Crippen LogP contribution in [-0.2, 0) is 19.5 Å². The van der Waals surface area contributed by atoms with E-state index in [2.05, 4.69) is 111 Å². The molecule has 0 aliphatic carbocycles. The summed E-state index contributed by atoms with van der Waals surface area (Å²) in [6.45, 7) is 9.92. The molecule has 0 saturated heterocycles. The van der Waals surface area contributed by atoms with Gasteiger partial charge >= 0.3 is 19.5 Å². The van der Waals surface area contributed by atoms with Crippen LogP contribution < -0.4 is 0 Å². The summed E-state index contributed by atoms with van der Waals surface area (Å²) in [4.78, 5) is 18.7. The maximum absolute atomic E-state index is 7.13. The number of terminal acetylenes is 1. The normalized spacial score (nSPS) is 8.63. The molecule has 0 spiro atoms. The molecule has 4 heterocycles. The van der Waals surface area contributed by atoms with E-state index in [-0.39, 0.29) is 19.5 Å². The molecule has 0 fully saturated rings. The van der Waals surface area contributed by atoms with Gasteiger partial charge in [-0.05, 0) is 105 Å². The number of pyridine rings is 4. The van der Waals surface area contributed by atoms with Crippen molar-refractivity contribution in [3.63, 3.8) is 0 Å². The van der Waals surface area contributed by atoms with Gasteiger partial charge in [-0.25, -0.2) is 9.97 Å². The number of nitrogens with zero attached hydrogens (tertiary/aromatic N) is 6. The smallest absolute Gasteiger partial charge is 0.753 e. The molecule has 0 atom stereocenters. The van der Waals surface area contributed by atoms with E-state index in [1.165, 1.54) is 10.3 Å². The minimum Gasteiger partial charge on any atom is -0.753 e. The van der Waals surface area contributed by atoms with Crippen LogP contribution in [0.25, 0.3) is 45.0 Å². The Hall–Kier alpha value is -3.62. The average molecular weight is 624 g/mol. The van der Waals surface area contributed by atoms with E-state index < -0.39 is 0 Å². The maximum atomic E-state index is 7.13. The molecule has 0 saturated carbocycles. The summed E-state index contributed by atoms with van der Waals surface area (Å²) >= 11 is 7.40. The number of thiocarbonyl (C=S) groups is 2. The zero-order valence-corrected chi connectivity index (χ0v) is 25.1. The molecular weight excluding hydrogens is 598 g/mol. The second-order valence-electron chi connectivity index (χ2n) is 7.74. The van der Waals surface area contributed by atoms with Crippen molar-refractivity contribution in [3.05, 3.63) is 94.0 Å². The van der Waals surface area contributed by atoms with Gasteiger partial charge in [0.15, 0.2) is 0 Å². The molecule has 4 aromatic rings. The fourth-order valence-electron chi connectivity index (χ4n) is 3.21. The molecule has 192 valence electrons. The molecule has 0 radical (unpaired) electrons. The molecule has 0 amide bonds. The summed E-state index contributed by atoms with van der Waals surface area (Å²) in [6, 6.07) is 16.3. The van der Waals surface area contributed by atoms with E-state index >= 15 is 0 Å². The van der Waals surface area contributed by atoms with Crippen LogP contribution in [0.1, 0.15) is 29.2 Å². The SMILES string of the molecule is C#CC.Cc1ccnc(-c2cc(C)cc(-c3cc(C)cc(-c4cc(C)ccn4)n3)n2)c1.[N-]=C=S.[N-]=C=S.[Ru+2]. The topological polar surface area (TPSA) is 96.2 Å². The van der Waals surface area contributed by atoms with Crippen LogP contribution in [0.3, 0.4) is 0 Å². The van der Waals surface area contributed by atoms with Gasteiger partial charge in [0.25, 0.3) is 0 Å². The second kappa shape index (κ2) is 18.6. The zero-order valence-electron chi connectivity index (χ0n) is 21.7. The van der Waals surface area contributed by atoms with E-state index in [9.17, 15) is 0 Å². The minimum absolute atomic E-state index is 0. The van der Waals surface area contributed by atoms with Gasteiger partial charge in [-0.1, -0.05) is 24.4 Å². The first-order chi connectivity index (χ1) is 17.7. The van der Waals surface area contributed by atoms with Crippen LogP contribution in [0.2, 0.25) is 0 Å². The molecule has 0 aromatic carbocycles. The molecule has 0 aliphatic heterocycles. The van der Waals surface area contributed by atoms with Crippen molar-refractivity contribution < 1.29 is 19.5 Å². The van der Waals surface area contributed by atoms with Crippen molar-refractivity contribution >= 4 is 34.8 Å². The van der Waals surface area contributed by atoms with Gasteiger partial charge in [0.05, 0.1) is 34.2 Å². The van der Waals surface area contributed by atoms with Crippen molar-refractivity contribution in [2.75, 3.05) is 0 Å². The van der Waals surface area contributed by atoms with Crippen molar-refractivity contribution in [2.45, 2.75) is 34.6 Å². The molecule has 9 heteroatoms. The van der Waals surface area contributed by atoms with E-state index in [1.807, 2.05) is 24.5 Å². The Bertz CT molecular complexity index is 1350. The molecule has 0 unspecified atom stereocenters. The fourth-order valence-corrected chi connectivity index (χ4v) is 3.21. The third-order valence-electron chi connectivity index (χ3n) is 4.56. The van der Waals surface area contributed by atoms with E-state index in [1.54, 1.807) is 6.92 Å². The van der Waals surface area contributed by atoms with Crippen LogP contribution >= 0.6 is 24.4 Å². The Kier molecular flexibility index (Phi) is 16.8. The molecule has 38 heavy (non-hydrogen) atoms. The van der Waals surface area contributed by atoms with E-state index in [0.29, 0.717) is 0 Å². The maximum Gasteiger partial charge on any atom is 2.00 e. The van der Waals surface area contributed by atoms with Crippen molar-refractivity contribution in [1.82, 2.24) is 19.9 Å². The van der Waals surface area contributed by atoms with E-state index in [4.69, 9.17) is 20.8 Å². The standard InChI is InChI=1S/C24H22N4.C3H4.2CNS.Ru/c1-15-5-7-25-19(9-15)21-11-17(3)13-23(27-21)24-14-18(4)12-22(28-24)20-10-16(2)6-8-26-20;1-3-2;2*2-1-3;/h5-14H,1-4H3;1H,2H3;;;/q;;2*-1;+2. The first-order valence-electron chi connectivity index (χ1n) is 11.0. The predicted molar refractivity (Wildman–Crippen MR) is 159 cm³/mol. The first kappa shape index (κ1) is 34.4. The molecule has 4 rings (SSSR count). The van der Waals surface area contributed by atoms with Crippen LogP contribution in [0, 0.1) is 40.0 Å². The third-order valence-corrected chi connectivity index (χ3v) is 4.56. The van der Waals surface area contributed by atoms with Gasteiger partial charge in [0.1, 0.15) is 0 Å². The molecule has 0 aliphatic rings. The largest absolute Gasteiger partial charge is 2.00 e. The summed E-state index contributed by atoms with van der Waals surface area (Å²) in [5.74, 6) is 2.25. The summed E-state index contributed by atoms with van der Waals surface area (Å²) in [7, 11) is 0. The number of rotatable bonds is 3. The van der Waals surface area contributed by atoms with Crippen molar-refractivity contribution in [2.24, 2.45) is 0 Å². The predicted octanol–water partition coefficient (Wildman–Crippen LogP) is 7.46. The Morgan fingerprint density at radius 2 is 0.842 bits per heavy atom. The summed E-state index contributed by atoms with van der Waals surface area (Å²) in [5, 5.41) is 16.9. The second-order valence-corrected chi connectivity index (χ2v) is 8.10. The van der Waals surface area contributed by atoms with Crippen molar-refractivity contribution in [3.8, 4) is 46.5 Å². The van der Waals surface area contributed by atoms with Crippen LogP contribution in [0.15, 0.2) is 60.9 Å². The number of aryl methyl sites for hydroxylation is 4. The van der Waals surface area contributed by atoms with Crippen LogP contribution in [0.4, 0.5) is 0 Å². The Labute approximate surface area is 248 Å². The number of hydrogen-bond acceptors (Lipinski definition) is 6. The van der Waals surface area contributed by atoms with Gasteiger partial charge in [0.2, 0.25) is 0 Å². The monoisotopic (exact) mass is 624 g/mol. The average Bonchev–Trinajstić information content (AvgIpc) is 2.85. The summed E-state index contributed by atoms with van der Waals surface area (Å²) < 4.78 is 0.